The van der Waals surface area contributed by atoms with Gasteiger partial charge >= 0.3 is 5.97 Å². The minimum Gasteiger partial charge on any atom is -0.480 e. The second-order valence-electron chi connectivity index (χ2n) is 3.45. The molecule has 0 saturated carbocycles. The molecule has 0 heterocycles. The molecule has 0 aromatic heterocycles. The summed E-state index contributed by atoms with van der Waals surface area (Å²) in [6, 6.07) is 2.72. The number of nitrogens with zero attached hydrogens (tertiary/aromatic N) is 1. The first-order chi connectivity index (χ1) is 8.77. The molecule has 19 heavy (non-hydrogen) atoms. The number of carbonyl (C=O) groups is 1. The van der Waals surface area contributed by atoms with E-state index in [1.54, 1.807) is 0 Å². The van der Waals surface area contributed by atoms with E-state index >= 15 is 0 Å². The first-order valence-corrected chi connectivity index (χ1v) is 7.00. The van der Waals surface area contributed by atoms with Crippen LogP contribution in [0.25, 0.3) is 0 Å². The molecule has 1 aromatic rings. The van der Waals surface area contributed by atoms with E-state index in [9.17, 15) is 23.3 Å². The molecule has 1 rings (SSSR count). The van der Waals surface area contributed by atoms with Crippen molar-refractivity contribution in [3.05, 3.63) is 34.4 Å². The van der Waals surface area contributed by atoms with Crippen molar-refractivity contribution in [2.24, 2.45) is 0 Å². The standard InChI is InChI=1S/C9H10N2O6S2/c12-9(13)8(5-18)10-19(16,17)7-3-1-6(2-4-7)11(14)15/h1-4,8,10,18H,5H2,(H,12,13)/t8-/m0/s1. The van der Waals surface area contributed by atoms with Crippen LogP contribution in [0.3, 0.4) is 0 Å². The number of rotatable bonds is 6. The van der Waals surface area contributed by atoms with Gasteiger partial charge in [0.1, 0.15) is 6.04 Å². The van der Waals surface area contributed by atoms with Crippen LogP contribution in [0.4, 0.5) is 5.69 Å². The lowest BCUT2D eigenvalue weighted by Gasteiger charge is -2.12. The fourth-order valence-corrected chi connectivity index (χ4v) is 2.73. The zero-order valence-corrected chi connectivity index (χ0v) is 11.1. The van der Waals surface area contributed by atoms with Gasteiger partial charge in [-0.15, -0.1) is 0 Å². The van der Waals surface area contributed by atoms with Crippen molar-refractivity contribution in [3.8, 4) is 0 Å². The lowest BCUT2D eigenvalue weighted by molar-refractivity contribution is -0.384. The van der Waals surface area contributed by atoms with E-state index in [1.165, 1.54) is 0 Å². The summed E-state index contributed by atoms with van der Waals surface area (Å²) in [7, 11) is -4.06. The molecule has 0 radical (unpaired) electrons. The van der Waals surface area contributed by atoms with E-state index in [4.69, 9.17) is 5.11 Å². The highest BCUT2D eigenvalue weighted by atomic mass is 32.2. The highest BCUT2D eigenvalue weighted by Crippen LogP contribution is 2.16. The zero-order chi connectivity index (χ0) is 14.6. The van der Waals surface area contributed by atoms with Gasteiger partial charge in [-0.1, -0.05) is 0 Å². The zero-order valence-electron chi connectivity index (χ0n) is 9.38. The average Bonchev–Trinajstić information content (AvgIpc) is 2.35. The third-order valence-electron chi connectivity index (χ3n) is 2.14. The van der Waals surface area contributed by atoms with Crippen LogP contribution in [0.1, 0.15) is 0 Å². The molecule has 104 valence electrons. The molecule has 0 aliphatic heterocycles. The fourth-order valence-electron chi connectivity index (χ4n) is 1.17. The first-order valence-electron chi connectivity index (χ1n) is 4.88. The van der Waals surface area contributed by atoms with Gasteiger partial charge in [-0.3, -0.25) is 14.9 Å². The highest BCUT2D eigenvalue weighted by molar-refractivity contribution is 7.89. The van der Waals surface area contributed by atoms with Crippen molar-refractivity contribution in [2.45, 2.75) is 10.9 Å². The maximum absolute atomic E-state index is 11.8. The number of nitro groups is 1. The fraction of sp³-hybridized carbons (Fsp3) is 0.222. The SMILES string of the molecule is O=C(O)[C@H](CS)NS(=O)(=O)c1ccc([N+](=O)[O-])cc1. The maximum Gasteiger partial charge on any atom is 0.322 e. The Labute approximate surface area is 114 Å². The molecule has 0 unspecified atom stereocenters. The number of thiol groups is 1. The van der Waals surface area contributed by atoms with Gasteiger partial charge in [0.25, 0.3) is 5.69 Å². The second kappa shape index (κ2) is 5.99. The molecule has 0 bridgehead atoms. The minimum absolute atomic E-state index is 0.221. The lowest BCUT2D eigenvalue weighted by Crippen LogP contribution is -2.41. The molecule has 0 saturated heterocycles. The Morgan fingerprint density at radius 3 is 2.32 bits per heavy atom. The number of non-ortho nitro benzene ring substituents is 1. The number of hydrogen-bond acceptors (Lipinski definition) is 6. The predicted octanol–water partition coefficient (Wildman–Crippen LogP) is 0.256. The topological polar surface area (TPSA) is 127 Å². The summed E-state index contributed by atoms with van der Waals surface area (Å²) in [6.07, 6.45) is 0. The Hall–Kier alpha value is -1.65. The molecule has 1 aromatic carbocycles. The Bertz CT molecular complexity index is 583. The summed E-state index contributed by atoms with van der Waals surface area (Å²) in [5.41, 5.74) is -0.261. The van der Waals surface area contributed by atoms with Gasteiger partial charge in [-0.05, 0) is 12.1 Å². The van der Waals surface area contributed by atoms with Crippen molar-refractivity contribution in [1.29, 1.82) is 0 Å². The van der Waals surface area contributed by atoms with Crippen LogP contribution in [0, 0.1) is 10.1 Å². The van der Waals surface area contributed by atoms with Gasteiger partial charge in [0, 0.05) is 17.9 Å². The van der Waals surface area contributed by atoms with Crippen molar-refractivity contribution in [1.82, 2.24) is 4.72 Å². The molecule has 0 spiro atoms. The van der Waals surface area contributed by atoms with Crippen molar-refractivity contribution >= 4 is 34.3 Å². The summed E-state index contributed by atoms with van der Waals surface area (Å²) in [4.78, 5) is 20.2. The van der Waals surface area contributed by atoms with Gasteiger partial charge in [-0.25, -0.2) is 8.42 Å². The minimum atomic E-state index is -4.06. The Kier molecular flexibility index (Phi) is 4.86. The normalized spacial score (nSPS) is 12.9. The van der Waals surface area contributed by atoms with Crippen LogP contribution < -0.4 is 4.72 Å². The molecule has 1 atom stereocenters. The average molecular weight is 306 g/mol. The van der Waals surface area contributed by atoms with Crippen LogP contribution in [-0.4, -0.2) is 36.2 Å². The number of nitro benzene ring substituents is 1. The highest BCUT2D eigenvalue weighted by Gasteiger charge is 2.24. The van der Waals surface area contributed by atoms with E-state index in [1.807, 2.05) is 4.72 Å². The summed E-state index contributed by atoms with van der Waals surface area (Å²) in [6.45, 7) is 0. The van der Waals surface area contributed by atoms with Gasteiger partial charge in [0.2, 0.25) is 10.0 Å². The quantitative estimate of drug-likeness (QED) is 0.393. The van der Waals surface area contributed by atoms with Crippen LogP contribution >= 0.6 is 12.6 Å². The van der Waals surface area contributed by atoms with Crippen LogP contribution in [0.15, 0.2) is 29.2 Å². The Morgan fingerprint density at radius 2 is 1.95 bits per heavy atom. The number of carboxylic acid groups (broad SMARTS) is 1. The molecule has 10 heteroatoms. The van der Waals surface area contributed by atoms with E-state index in [0.29, 0.717) is 0 Å². The number of hydrogen-bond donors (Lipinski definition) is 3. The summed E-state index contributed by atoms with van der Waals surface area (Å²) in [5.74, 6) is -1.58. The maximum atomic E-state index is 11.8. The molecule has 2 N–H and O–H groups in total. The molecular weight excluding hydrogens is 296 g/mol. The summed E-state index contributed by atoms with van der Waals surface area (Å²) >= 11 is 3.73. The smallest absolute Gasteiger partial charge is 0.322 e. The monoisotopic (exact) mass is 306 g/mol. The Morgan fingerprint density at radius 1 is 1.42 bits per heavy atom. The van der Waals surface area contributed by atoms with Crippen LogP contribution in [0.5, 0.6) is 0 Å². The van der Waals surface area contributed by atoms with Crippen LogP contribution in [0.2, 0.25) is 0 Å². The molecule has 0 aliphatic rings. The van der Waals surface area contributed by atoms with Gasteiger partial charge in [-0.2, -0.15) is 17.4 Å². The third kappa shape index (κ3) is 3.91. The van der Waals surface area contributed by atoms with Gasteiger partial charge < -0.3 is 5.11 Å². The van der Waals surface area contributed by atoms with E-state index in [0.717, 1.165) is 24.3 Å². The predicted molar refractivity (Wildman–Crippen MR) is 68.7 cm³/mol. The summed E-state index contributed by atoms with van der Waals surface area (Å²) in [5, 5.41) is 19.2. The van der Waals surface area contributed by atoms with Gasteiger partial charge in [0.05, 0.1) is 9.82 Å². The molecule has 8 nitrogen and oxygen atoms in total. The van der Waals surface area contributed by atoms with Crippen molar-refractivity contribution in [3.63, 3.8) is 0 Å². The molecule has 0 aliphatic carbocycles. The number of nitrogens with one attached hydrogen (secondary N) is 1. The van der Waals surface area contributed by atoms with Crippen molar-refractivity contribution < 1.29 is 23.2 Å². The van der Waals surface area contributed by atoms with E-state index < -0.39 is 27.0 Å². The third-order valence-corrected chi connectivity index (χ3v) is 3.99. The number of sulfonamides is 1. The second-order valence-corrected chi connectivity index (χ2v) is 5.52. The molecule has 0 fully saturated rings. The van der Waals surface area contributed by atoms with E-state index in [-0.39, 0.29) is 16.3 Å². The number of carboxylic acids is 1. The largest absolute Gasteiger partial charge is 0.480 e. The van der Waals surface area contributed by atoms with E-state index in [2.05, 4.69) is 12.6 Å². The molecule has 0 amide bonds. The summed E-state index contributed by atoms with van der Waals surface area (Å²) < 4.78 is 25.6. The number of aliphatic carboxylic acids is 1. The van der Waals surface area contributed by atoms with Gasteiger partial charge in [0.15, 0.2) is 0 Å². The molecular formula is C9H10N2O6S2. The lowest BCUT2D eigenvalue weighted by atomic mass is 10.3. The van der Waals surface area contributed by atoms with Crippen molar-refractivity contribution in [2.75, 3.05) is 5.75 Å². The number of benzene rings is 1. The Balaban J connectivity index is 3.00. The van der Waals surface area contributed by atoms with Crippen LogP contribution in [-0.2, 0) is 14.8 Å². The first kappa shape index (κ1) is 15.4.